The van der Waals surface area contributed by atoms with Gasteiger partial charge in [-0.05, 0) is 55.0 Å². The van der Waals surface area contributed by atoms with Gasteiger partial charge in [-0.2, -0.15) is 0 Å². The van der Waals surface area contributed by atoms with Crippen molar-refractivity contribution >= 4 is 46.3 Å². The third-order valence-electron chi connectivity index (χ3n) is 4.83. The lowest BCUT2D eigenvalue weighted by molar-refractivity contribution is 0.181. The molecule has 29 heavy (non-hydrogen) atoms. The van der Waals surface area contributed by atoms with E-state index in [-0.39, 0.29) is 36.4 Å². The first-order chi connectivity index (χ1) is 13.7. The number of halogens is 2. The van der Waals surface area contributed by atoms with Crippen molar-refractivity contribution in [2.75, 3.05) is 31.6 Å². The van der Waals surface area contributed by atoms with Crippen molar-refractivity contribution < 1.29 is 9.13 Å². The largest absolute Gasteiger partial charge is 0.380 e. The summed E-state index contributed by atoms with van der Waals surface area (Å²) in [5, 5.41) is 10.4. The van der Waals surface area contributed by atoms with Crippen LogP contribution in [0.2, 0.25) is 0 Å². The van der Waals surface area contributed by atoms with Crippen LogP contribution in [0.5, 0.6) is 0 Å². The second-order valence-corrected chi connectivity index (χ2v) is 7.84. The van der Waals surface area contributed by atoms with Crippen LogP contribution in [0.15, 0.2) is 40.7 Å². The molecule has 160 valence electrons. The van der Waals surface area contributed by atoms with Crippen LogP contribution in [0.1, 0.15) is 30.9 Å². The van der Waals surface area contributed by atoms with Gasteiger partial charge in [-0.15, -0.1) is 35.3 Å². The molecule has 0 amide bonds. The fourth-order valence-electron chi connectivity index (χ4n) is 3.37. The number of nitrogens with one attached hydrogen (secondary N) is 2. The summed E-state index contributed by atoms with van der Waals surface area (Å²) in [6, 6.07) is 9.79. The Hall–Kier alpha value is -1.39. The fraction of sp³-hybridized carbons (Fsp3) is 0.476. The van der Waals surface area contributed by atoms with Crippen molar-refractivity contribution in [3.05, 3.63) is 52.7 Å². The van der Waals surface area contributed by atoms with Crippen LogP contribution in [0.3, 0.4) is 0 Å². The fourth-order valence-corrected chi connectivity index (χ4v) is 4.16. The number of nitrogens with zero attached hydrogens (tertiary/aromatic N) is 2. The molecule has 0 radical (unpaired) electrons. The first kappa shape index (κ1) is 23.9. The Balaban J connectivity index is 0.00000300. The number of benzene rings is 1. The Morgan fingerprint density at radius 2 is 2.10 bits per heavy atom. The maximum Gasteiger partial charge on any atom is 0.191 e. The van der Waals surface area contributed by atoms with Gasteiger partial charge < -0.3 is 20.3 Å². The minimum Gasteiger partial charge on any atom is -0.380 e. The zero-order chi connectivity index (χ0) is 19.8. The maximum absolute atomic E-state index is 13.8. The Kier molecular flexibility index (Phi) is 10.2. The molecule has 2 heterocycles. The molecule has 1 aliphatic rings. The van der Waals surface area contributed by atoms with Gasteiger partial charge in [0.1, 0.15) is 5.82 Å². The van der Waals surface area contributed by atoms with Gasteiger partial charge in [0.05, 0.1) is 18.2 Å². The Morgan fingerprint density at radius 1 is 1.31 bits per heavy atom. The molecule has 5 nitrogen and oxygen atoms in total. The summed E-state index contributed by atoms with van der Waals surface area (Å²) >= 11 is 1.80. The van der Waals surface area contributed by atoms with Gasteiger partial charge in [-0.1, -0.05) is 6.07 Å². The van der Waals surface area contributed by atoms with E-state index in [0.717, 1.165) is 44.0 Å². The van der Waals surface area contributed by atoms with Crippen molar-refractivity contribution in [2.45, 2.75) is 39.0 Å². The molecule has 0 aliphatic carbocycles. The lowest BCUT2D eigenvalue weighted by Gasteiger charge is -2.33. The number of rotatable bonds is 7. The third-order valence-corrected chi connectivity index (χ3v) is 5.76. The van der Waals surface area contributed by atoms with Gasteiger partial charge in [-0.3, -0.25) is 0 Å². The van der Waals surface area contributed by atoms with Crippen molar-refractivity contribution in [1.82, 2.24) is 10.6 Å². The van der Waals surface area contributed by atoms with E-state index in [1.54, 1.807) is 24.5 Å². The van der Waals surface area contributed by atoms with E-state index < -0.39 is 0 Å². The van der Waals surface area contributed by atoms with Crippen LogP contribution < -0.4 is 15.5 Å². The number of anilines is 1. The summed E-state index contributed by atoms with van der Waals surface area (Å²) in [5.41, 5.74) is 1.53. The first-order valence-electron chi connectivity index (χ1n) is 9.79. The second-order valence-electron chi connectivity index (χ2n) is 6.91. The predicted octanol–water partition coefficient (Wildman–Crippen LogP) is 4.38. The Labute approximate surface area is 193 Å². The summed E-state index contributed by atoms with van der Waals surface area (Å²) < 4.78 is 18.8. The maximum atomic E-state index is 13.8. The number of guanidine groups is 1. The molecule has 1 aliphatic heterocycles. The molecule has 0 atom stereocenters. The molecule has 1 aromatic heterocycles. The molecule has 2 aromatic rings. The van der Waals surface area contributed by atoms with Gasteiger partial charge in [0.2, 0.25) is 0 Å². The summed E-state index contributed by atoms with van der Waals surface area (Å²) in [7, 11) is 1.57. The molecular formula is C21H30FIN4OS. The quantitative estimate of drug-likeness (QED) is 0.316. The van der Waals surface area contributed by atoms with Crippen LogP contribution in [0.25, 0.3) is 0 Å². The number of ether oxygens (including phenoxy) is 1. The van der Waals surface area contributed by atoms with Crippen LogP contribution in [-0.2, 0) is 17.9 Å². The van der Waals surface area contributed by atoms with Crippen molar-refractivity contribution in [3.8, 4) is 0 Å². The van der Waals surface area contributed by atoms with Gasteiger partial charge in [0.25, 0.3) is 0 Å². The number of hydrogen-bond acceptors (Lipinski definition) is 4. The van der Waals surface area contributed by atoms with Gasteiger partial charge >= 0.3 is 0 Å². The van der Waals surface area contributed by atoms with Crippen LogP contribution >= 0.6 is 35.3 Å². The lowest BCUT2D eigenvalue weighted by Crippen LogP contribution is -2.48. The molecule has 0 spiro atoms. The zero-order valence-electron chi connectivity index (χ0n) is 17.0. The SMILES string of the molecule is CCNC(=NCc1ccc(F)c(COC)c1)NC1CCN(c2cccs2)CC1.I. The molecule has 0 unspecified atom stereocenters. The van der Waals surface area contributed by atoms with Gasteiger partial charge in [0, 0.05) is 38.3 Å². The molecule has 0 saturated carbocycles. The van der Waals surface area contributed by atoms with Crippen molar-refractivity contribution in [3.63, 3.8) is 0 Å². The molecule has 1 aromatic carbocycles. The van der Waals surface area contributed by atoms with E-state index in [1.807, 2.05) is 6.07 Å². The number of methoxy groups -OCH3 is 1. The van der Waals surface area contributed by atoms with E-state index in [2.05, 4.69) is 40.0 Å². The number of hydrogen-bond donors (Lipinski definition) is 2. The number of thiophene rings is 1. The highest BCUT2D eigenvalue weighted by Gasteiger charge is 2.20. The Morgan fingerprint density at radius 3 is 2.76 bits per heavy atom. The second kappa shape index (κ2) is 12.3. The van der Waals surface area contributed by atoms with Gasteiger partial charge in [0.15, 0.2) is 5.96 Å². The van der Waals surface area contributed by atoms with Crippen LogP contribution in [-0.4, -0.2) is 38.7 Å². The highest BCUT2D eigenvalue weighted by atomic mass is 127. The average Bonchev–Trinajstić information content (AvgIpc) is 3.24. The molecule has 0 bridgehead atoms. The molecule has 2 N–H and O–H groups in total. The molecule has 1 fully saturated rings. The predicted molar refractivity (Wildman–Crippen MR) is 130 cm³/mol. The first-order valence-corrected chi connectivity index (χ1v) is 10.7. The standard InChI is InChI=1S/C21H29FN4OS.HI/c1-3-23-21(24-14-16-6-7-19(22)17(13-16)15-27-2)25-18-8-10-26(11-9-18)20-5-4-12-28-20;/h4-7,12-13,18H,3,8-11,14-15H2,1-2H3,(H2,23,24,25);1H. The summed E-state index contributed by atoms with van der Waals surface area (Å²) in [6.45, 7) is 5.74. The summed E-state index contributed by atoms with van der Waals surface area (Å²) in [5.74, 6) is 0.576. The summed E-state index contributed by atoms with van der Waals surface area (Å²) in [4.78, 5) is 7.14. The third kappa shape index (κ3) is 7.11. The van der Waals surface area contributed by atoms with Crippen LogP contribution in [0, 0.1) is 5.82 Å². The average molecular weight is 532 g/mol. The number of aliphatic imine (C=N–C) groups is 1. The van der Waals surface area contributed by atoms with E-state index in [0.29, 0.717) is 18.2 Å². The van der Waals surface area contributed by atoms with Crippen molar-refractivity contribution in [1.29, 1.82) is 0 Å². The number of piperidine rings is 1. The lowest BCUT2D eigenvalue weighted by atomic mass is 10.1. The molecule has 1 saturated heterocycles. The van der Waals surface area contributed by atoms with Gasteiger partial charge in [-0.25, -0.2) is 9.38 Å². The van der Waals surface area contributed by atoms with E-state index in [4.69, 9.17) is 9.73 Å². The highest BCUT2D eigenvalue weighted by molar-refractivity contribution is 14.0. The monoisotopic (exact) mass is 532 g/mol. The van der Waals surface area contributed by atoms with E-state index in [9.17, 15) is 4.39 Å². The molecule has 8 heteroatoms. The molecular weight excluding hydrogens is 502 g/mol. The highest BCUT2D eigenvalue weighted by Crippen LogP contribution is 2.24. The van der Waals surface area contributed by atoms with E-state index >= 15 is 0 Å². The Bertz CT molecular complexity index is 764. The summed E-state index contributed by atoms with van der Waals surface area (Å²) in [6.07, 6.45) is 2.16. The molecule has 3 rings (SSSR count). The van der Waals surface area contributed by atoms with Crippen molar-refractivity contribution in [2.24, 2.45) is 4.99 Å². The smallest absolute Gasteiger partial charge is 0.191 e. The van der Waals surface area contributed by atoms with Crippen LogP contribution in [0.4, 0.5) is 9.39 Å². The van der Waals surface area contributed by atoms with E-state index in [1.165, 1.54) is 11.1 Å². The minimum absolute atomic E-state index is 0. The minimum atomic E-state index is -0.239. The normalized spacial score (nSPS) is 15.1. The topological polar surface area (TPSA) is 48.9 Å². The zero-order valence-corrected chi connectivity index (χ0v) is 20.1.